The number of thioether (sulfide) groups is 1. The van der Waals surface area contributed by atoms with Gasteiger partial charge in [0.05, 0.1) is 0 Å². The van der Waals surface area contributed by atoms with Crippen LogP contribution in [0.4, 0.5) is 0 Å². The highest BCUT2D eigenvalue weighted by molar-refractivity contribution is 7.99. The SMILES string of the molecule is CN(C)CCSc1nnc(-c2ccncc2)n1C1CCCCC1. The Hall–Kier alpha value is -1.40. The van der Waals surface area contributed by atoms with Gasteiger partial charge in [0, 0.05) is 36.3 Å². The molecule has 2 heterocycles. The van der Waals surface area contributed by atoms with E-state index in [1.165, 1.54) is 32.1 Å². The van der Waals surface area contributed by atoms with E-state index < -0.39 is 0 Å². The summed E-state index contributed by atoms with van der Waals surface area (Å²) < 4.78 is 2.38. The van der Waals surface area contributed by atoms with E-state index in [0.717, 1.165) is 28.8 Å². The van der Waals surface area contributed by atoms with Gasteiger partial charge in [-0.2, -0.15) is 0 Å². The average Bonchev–Trinajstić information content (AvgIpc) is 3.00. The molecule has 6 heteroatoms. The molecule has 0 aliphatic heterocycles. The molecule has 0 saturated heterocycles. The highest BCUT2D eigenvalue weighted by Gasteiger charge is 2.23. The van der Waals surface area contributed by atoms with Crippen molar-refractivity contribution in [2.24, 2.45) is 0 Å². The van der Waals surface area contributed by atoms with Crippen LogP contribution in [0.5, 0.6) is 0 Å². The van der Waals surface area contributed by atoms with Crippen LogP contribution in [0.25, 0.3) is 11.4 Å². The molecule has 0 bridgehead atoms. The summed E-state index contributed by atoms with van der Waals surface area (Å²) in [6, 6.07) is 4.58. The minimum absolute atomic E-state index is 0.531. The van der Waals surface area contributed by atoms with Gasteiger partial charge >= 0.3 is 0 Å². The monoisotopic (exact) mass is 331 g/mol. The highest BCUT2D eigenvalue weighted by Crippen LogP contribution is 2.35. The number of nitrogens with zero attached hydrogens (tertiary/aromatic N) is 5. The predicted octanol–water partition coefficient (Wildman–Crippen LogP) is 3.50. The van der Waals surface area contributed by atoms with Gasteiger partial charge in [0.25, 0.3) is 0 Å². The molecule has 0 amide bonds. The lowest BCUT2D eigenvalue weighted by molar-refractivity contribution is 0.339. The molecule has 23 heavy (non-hydrogen) atoms. The second-order valence-electron chi connectivity index (χ2n) is 6.36. The van der Waals surface area contributed by atoms with Gasteiger partial charge in [0.1, 0.15) is 0 Å². The Labute approximate surface area is 142 Å². The van der Waals surface area contributed by atoms with Gasteiger partial charge in [-0.25, -0.2) is 0 Å². The first-order valence-corrected chi connectivity index (χ1v) is 9.37. The van der Waals surface area contributed by atoms with Gasteiger partial charge < -0.3 is 4.90 Å². The predicted molar refractivity (Wildman–Crippen MR) is 94.7 cm³/mol. The summed E-state index contributed by atoms with van der Waals surface area (Å²) in [5.74, 6) is 2.03. The molecular weight excluding hydrogens is 306 g/mol. The summed E-state index contributed by atoms with van der Waals surface area (Å²) in [5.41, 5.74) is 1.11. The summed E-state index contributed by atoms with van der Waals surface area (Å²) >= 11 is 1.82. The van der Waals surface area contributed by atoms with Gasteiger partial charge in [0.15, 0.2) is 11.0 Å². The van der Waals surface area contributed by atoms with Crippen molar-refractivity contribution in [3.8, 4) is 11.4 Å². The number of aromatic nitrogens is 4. The Morgan fingerprint density at radius 3 is 2.57 bits per heavy atom. The Morgan fingerprint density at radius 2 is 1.87 bits per heavy atom. The van der Waals surface area contributed by atoms with Gasteiger partial charge in [-0.3, -0.25) is 9.55 Å². The maximum Gasteiger partial charge on any atom is 0.191 e. The highest BCUT2D eigenvalue weighted by atomic mass is 32.2. The Morgan fingerprint density at radius 1 is 1.13 bits per heavy atom. The lowest BCUT2D eigenvalue weighted by Gasteiger charge is -2.25. The molecule has 5 nitrogen and oxygen atoms in total. The number of hydrogen-bond acceptors (Lipinski definition) is 5. The Balaban J connectivity index is 1.88. The first-order valence-electron chi connectivity index (χ1n) is 8.38. The first-order chi connectivity index (χ1) is 11.3. The van der Waals surface area contributed by atoms with Crippen LogP contribution in [-0.2, 0) is 0 Å². The van der Waals surface area contributed by atoms with E-state index in [1.807, 2.05) is 36.3 Å². The zero-order chi connectivity index (χ0) is 16.1. The fourth-order valence-corrected chi connectivity index (χ4v) is 4.17. The molecular formula is C17H25N5S. The van der Waals surface area contributed by atoms with Crippen molar-refractivity contribution in [1.82, 2.24) is 24.6 Å². The van der Waals surface area contributed by atoms with Crippen LogP contribution in [0.1, 0.15) is 38.1 Å². The van der Waals surface area contributed by atoms with Crippen molar-refractivity contribution < 1.29 is 0 Å². The summed E-state index contributed by atoms with van der Waals surface area (Å²) in [4.78, 5) is 6.33. The lowest BCUT2D eigenvalue weighted by atomic mass is 9.95. The molecule has 1 fully saturated rings. The minimum atomic E-state index is 0.531. The van der Waals surface area contributed by atoms with Crippen molar-refractivity contribution in [2.75, 3.05) is 26.4 Å². The van der Waals surface area contributed by atoms with Crippen LogP contribution in [0.2, 0.25) is 0 Å². The third-order valence-corrected chi connectivity index (χ3v) is 5.24. The molecule has 3 rings (SSSR count). The zero-order valence-electron chi connectivity index (χ0n) is 14.0. The average molecular weight is 331 g/mol. The molecule has 0 unspecified atom stereocenters. The Bertz CT molecular complexity index is 605. The zero-order valence-corrected chi connectivity index (χ0v) is 14.8. The number of pyridine rings is 1. The van der Waals surface area contributed by atoms with Crippen LogP contribution in [0.15, 0.2) is 29.7 Å². The smallest absolute Gasteiger partial charge is 0.191 e. The quantitative estimate of drug-likeness (QED) is 0.758. The number of rotatable bonds is 6. The topological polar surface area (TPSA) is 46.8 Å². The van der Waals surface area contributed by atoms with E-state index in [0.29, 0.717) is 6.04 Å². The third kappa shape index (κ3) is 4.12. The van der Waals surface area contributed by atoms with E-state index in [9.17, 15) is 0 Å². The standard InChI is InChI=1S/C17H25N5S/c1-21(2)12-13-23-17-20-19-16(14-8-10-18-11-9-14)22(17)15-6-4-3-5-7-15/h8-11,15H,3-7,12-13H2,1-2H3. The minimum Gasteiger partial charge on any atom is -0.309 e. The van der Waals surface area contributed by atoms with E-state index >= 15 is 0 Å². The maximum atomic E-state index is 4.51. The van der Waals surface area contributed by atoms with Crippen LogP contribution in [-0.4, -0.2) is 51.0 Å². The van der Waals surface area contributed by atoms with Crippen LogP contribution in [0.3, 0.4) is 0 Å². The molecule has 0 radical (unpaired) electrons. The summed E-state index contributed by atoms with van der Waals surface area (Å²) in [6.45, 7) is 1.05. The van der Waals surface area contributed by atoms with E-state index in [4.69, 9.17) is 0 Å². The molecule has 0 aromatic carbocycles. The molecule has 0 N–H and O–H groups in total. The van der Waals surface area contributed by atoms with E-state index in [-0.39, 0.29) is 0 Å². The van der Waals surface area contributed by atoms with Gasteiger partial charge in [0.2, 0.25) is 0 Å². The normalized spacial score (nSPS) is 16.1. The largest absolute Gasteiger partial charge is 0.309 e. The van der Waals surface area contributed by atoms with Crippen molar-refractivity contribution in [2.45, 2.75) is 43.3 Å². The second kappa shape index (κ2) is 7.93. The second-order valence-corrected chi connectivity index (χ2v) is 7.42. The molecule has 2 aromatic heterocycles. The van der Waals surface area contributed by atoms with E-state index in [1.54, 1.807) is 0 Å². The van der Waals surface area contributed by atoms with Crippen molar-refractivity contribution >= 4 is 11.8 Å². The molecule has 1 aliphatic rings. The number of hydrogen-bond donors (Lipinski definition) is 0. The fourth-order valence-electron chi connectivity index (χ4n) is 3.06. The van der Waals surface area contributed by atoms with Gasteiger partial charge in [-0.05, 0) is 39.1 Å². The first kappa shape index (κ1) is 16.5. The summed E-state index contributed by atoms with van der Waals surface area (Å²) in [6.07, 6.45) is 10.1. The van der Waals surface area contributed by atoms with Crippen molar-refractivity contribution in [3.63, 3.8) is 0 Å². The van der Waals surface area contributed by atoms with Gasteiger partial charge in [-0.1, -0.05) is 31.0 Å². The van der Waals surface area contributed by atoms with Crippen LogP contribution >= 0.6 is 11.8 Å². The molecule has 1 saturated carbocycles. The van der Waals surface area contributed by atoms with Crippen LogP contribution in [0, 0.1) is 0 Å². The molecule has 124 valence electrons. The van der Waals surface area contributed by atoms with E-state index in [2.05, 4.69) is 38.7 Å². The lowest BCUT2D eigenvalue weighted by Crippen LogP contribution is -2.17. The summed E-state index contributed by atoms with van der Waals surface area (Å²) in [7, 11) is 4.21. The van der Waals surface area contributed by atoms with Crippen molar-refractivity contribution in [3.05, 3.63) is 24.5 Å². The summed E-state index contributed by atoms with van der Waals surface area (Å²) in [5, 5.41) is 10.1. The Kier molecular flexibility index (Phi) is 5.67. The van der Waals surface area contributed by atoms with Crippen molar-refractivity contribution in [1.29, 1.82) is 0 Å². The molecule has 0 atom stereocenters. The maximum absolute atomic E-state index is 4.51. The molecule has 2 aromatic rings. The van der Waals surface area contributed by atoms with Crippen LogP contribution < -0.4 is 0 Å². The molecule has 0 spiro atoms. The van der Waals surface area contributed by atoms with Gasteiger partial charge in [-0.15, -0.1) is 10.2 Å². The fraction of sp³-hybridized carbons (Fsp3) is 0.588. The molecule has 1 aliphatic carbocycles. The third-order valence-electron chi connectivity index (χ3n) is 4.31.